The summed E-state index contributed by atoms with van der Waals surface area (Å²) in [6, 6.07) is 8.60. The average Bonchev–Trinajstić information content (AvgIpc) is 2.68. The zero-order chi connectivity index (χ0) is 20.6. The third-order valence-corrected chi connectivity index (χ3v) is 4.03. The molecule has 0 fully saturated rings. The average molecular weight is 415 g/mol. The van der Waals surface area contributed by atoms with Crippen LogP contribution in [0.5, 0.6) is 0 Å². The third-order valence-electron chi connectivity index (χ3n) is 3.54. The van der Waals surface area contributed by atoms with Crippen molar-refractivity contribution in [2.45, 2.75) is 25.6 Å². The van der Waals surface area contributed by atoms with E-state index >= 15 is 0 Å². The zero-order valence-electron chi connectivity index (χ0n) is 16.2. The molecule has 0 heterocycles. The molecule has 8 nitrogen and oxygen atoms in total. The van der Waals surface area contributed by atoms with Gasteiger partial charge in [-0.3, -0.25) is 0 Å². The maximum absolute atomic E-state index is 11.2. The Balaban J connectivity index is 1.92. The summed E-state index contributed by atoms with van der Waals surface area (Å²) in [4.78, 5) is 11.4. The number of hydrogen-bond acceptors (Lipinski definition) is 7. The van der Waals surface area contributed by atoms with Crippen molar-refractivity contribution in [3.05, 3.63) is 35.9 Å². The fraction of sp³-hybridized carbons (Fsp3) is 0.579. The summed E-state index contributed by atoms with van der Waals surface area (Å²) in [6.45, 7) is 4.74. The molecule has 0 radical (unpaired) electrons. The summed E-state index contributed by atoms with van der Waals surface area (Å²) >= 11 is 4.98. The normalized spacial score (nSPS) is 13.1. The molecule has 4 N–H and O–H groups in total. The third kappa shape index (κ3) is 12.0. The van der Waals surface area contributed by atoms with Gasteiger partial charge in [-0.15, -0.1) is 0 Å². The first-order valence-corrected chi connectivity index (χ1v) is 9.55. The van der Waals surface area contributed by atoms with E-state index in [4.69, 9.17) is 42.0 Å². The zero-order valence-corrected chi connectivity index (χ0v) is 17.0. The van der Waals surface area contributed by atoms with Crippen LogP contribution in [0.3, 0.4) is 0 Å². The molecule has 0 unspecified atom stereocenters. The van der Waals surface area contributed by atoms with Crippen LogP contribution < -0.4 is 11.1 Å². The van der Waals surface area contributed by atoms with E-state index in [9.17, 15) is 4.79 Å². The Hall–Kier alpha value is -1.62. The Bertz CT molecular complexity index is 559. The number of carboxylic acids is 1. The second-order valence-corrected chi connectivity index (χ2v) is 6.47. The van der Waals surface area contributed by atoms with Crippen LogP contribution in [0.2, 0.25) is 0 Å². The summed E-state index contributed by atoms with van der Waals surface area (Å²) in [6.07, 6.45) is 0. The molecule has 0 aliphatic carbocycles. The highest BCUT2D eigenvalue weighted by atomic mass is 32.1. The van der Waals surface area contributed by atoms with Crippen molar-refractivity contribution in [1.82, 2.24) is 5.32 Å². The molecule has 28 heavy (non-hydrogen) atoms. The fourth-order valence-electron chi connectivity index (χ4n) is 2.00. The van der Waals surface area contributed by atoms with Gasteiger partial charge in [0.05, 0.1) is 63.9 Å². The van der Waals surface area contributed by atoms with Gasteiger partial charge in [0.15, 0.2) is 0 Å². The monoisotopic (exact) mass is 414 g/mol. The van der Waals surface area contributed by atoms with Crippen LogP contribution >= 0.6 is 12.2 Å². The predicted octanol–water partition coefficient (Wildman–Crippen LogP) is 0.970. The fourth-order valence-corrected chi connectivity index (χ4v) is 2.14. The molecule has 0 aliphatic heterocycles. The second-order valence-electron chi connectivity index (χ2n) is 6.03. The van der Waals surface area contributed by atoms with E-state index < -0.39 is 18.1 Å². The van der Waals surface area contributed by atoms with E-state index in [1.165, 1.54) is 0 Å². The SMILES string of the molecule is C[C@H](N)C(=S)N[C@@H](COCCOCCOCCOCc1ccccc1)C(=O)O. The smallest absolute Gasteiger partial charge is 0.328 e. The minimum absolute atomic E-state index is 0.0270. The lowest BCUT2D eigenvalue weighted by molar-refractivity contribution is -0.140. The minimum Gasteiger partial charge on any atom is -0.480 e. The molecule has 0 bridgehead atoms. The van der Waals surface area contributed by atoms with Crippen molar-refractivity contribution >= 4 is 23.2 Å². The molecule has 158 valence electrons. The number of carboxylic acid groups (broad SMARTS) is 1. The lowest BCUT2D eigenvalue weighted by atomic mass is 10.2. The Morgan fingerprint density at radius 2 is 1.57 bits per heavy atom. The van der Waals surface area contributed by atoms with Gasteiger partial charge in [0.2, 0.25) is 0 Å². The van der Waals surface area contributed by atoms with Gasteiger partial charge >= 0.3 is 5.97 Å². The molecule has 0 amide bonds. The quantitative estimate of drug-likeness (QED) is 0.269. The standard InChI is InChI=1S/C19H30N2O6S/c1-15(20)18(28)21-17(19(22)23)14-27-12-10-25-8-7-24-9-11-26-13-16-5-3-2-4-6-16/h2-6,15,17H,7-14,20H2,1H3,(H,21,28)(H,22,23)/t15-,17-/m0/s1. The van der Waals surface area contributed by atoms with Gasteiger partial charge < -0.3 is 35.1 Å². The Morgan fingerprint density at radius 3 is 2.11 bits per heavy atom. The largest absolute Gasteiger partial charge is 0.480 e. The number of thiocarbonyl (C=S) groups is 1. The molecular formula is C19H30N2O6S. The lowest BCUT2D eigenvalue weighted by Crippen LogP contribution is -2.48. The van der Waals surface area contributed by atoms with E-state index in [2.05, 4.69) is 5.32 Å². The van der Waals surface area contributed by atoms with Gasteiger partial charge in [-0.05, 0) is 12.5 Å². The van der Waals surface area contributed by atoms with E-state index in [0.717, 1.165) is 5.56 Å². The first-order valence-electron chi connectivity index (χ1n) is 9.14. The van der Waals surface area contributed by atoms with E-state index in [1.54, 1.807) is 6.92 Å². The van der Waals surface area contributed by atoms with E-state index in [-0.39, 0.29) is 18.2 Å². The number of hydrogen-bond donors (Lipinski definition) is 3. The summed E-state index contributed by atoms with van der Waals surface area (Å²) in [5, 5.41) is 11.8. The topological polar surface area (TPSA) is 112 Å². The molecule has 1 aromatic rings. The van der Waals surface area contributed by atoms with Crippen molar-refractivity contribution in [3.8, 4) is 0 Å². The summed E-state index contributed by atoms with van der Waals surface area (Å²) in [5.41, 5.74) is 6.73. The highest BCUT2D eigenvalue weighted by molar-refractivity contribution is 7.80. The Labute approximate surface area is 171 Å². The summed E-state index contributed by atoms with van der Waals surface area (Å²) < 4.78 is 21.6. The minimum atomic E-state index is -1.05. The Kier molecular flexibility index (Phi) is 13.4. The molecule has 0 aromatic heterocycles. The van der Waals surface area contributed by atoms with Crippen molar-refractivity contribution < 1.29 is 28.8 Å². The lowest BCUT2D eigenvalue weighted by Gasteiger charge is -2.18. The van der Waals surface area contributed by atoms with Crippen molar-refractivity contribution in [1.29, 1.82) is 0 Å². The molecule has 0 saturated carbocycles. The molecule has 9 heteroatoms. The first-order chi connectivity index (χ1) is 13.5. The van der Waals surface area contributed by atoms with Gasteiger partial charge in [0, 0.05) is 0 Å². The van der Waals surface area contributed by atoms with Crippen molar-refractivity contribution in [2.75, 3.05) is 46.2 Å². The van der Waals surface area contributed by atoms with Crippen LogP contribution in [0, 0.1) is 0 Å². The second kappa shape index (κ2) is 15.3. The van der Waals surface area contributed by atoms with Crippen LogP contribution in [-0.4, -0.2) is 74.4 Å². The molecule has 1 aromatic carbocycles. The molecule has 0 spiro atoms. The van der Waals surface area contributed by atoms with Gasteiger partial charge in [-0.2, -0.15) is 0 Å². The molecule has 1 rings (SSSR count). The van der Waals surface area contributed by atoms with Crippen LogP contribution in [0.25, 0.3) is 0 Å². The number of nitrogens with one attached hydrogen (secondary N) is 1. The molecule has 2 atom stereocenters. The maximum atomic E-state index is 11.2. The van der Waals surface area contributed by atoms with Gasteiger partial charge in [-0.25, -0.2) is 4.79 Å². The highest BCUT2D eigenvalue weighted by Gasteiger charge is 2.19. The van der Waals surface area contributed by atoms with Crippen molar-refractivity contribution in [3.63, 3.8) is 0 Å². The summed E-state index contributed by atoms with van der Waals surface area (Å²) in [7, 11) is 0. The van der Waals surface area contributed by atoms with Crippen LogP contribution in [-0.2, 0) is 30.3 Å². The number of carbonyl (C=O) groups is 1. The summed E-state index contributed by atoms with van der Waals surface area (Å²) in [5.74, 6) is -1.05. The number of aliphatic carboxylic acids is 1. The van der Waals surface area contributed by atoms with E-state index in [0.29, 0.717) is 39.6 Å². The molecular weight excluding hydrogens is 384 g/mol. The van der Waals surface area contributed by atoms with E-state index in [1.807, 2.05) is 30.3 Å². The highest BCUT2D eigenvalue weighted by Crippen LogP contribution is 2.00. The number of nitrogens with two attached hydrogens (primary N) is 1. The van der Waals surface area contributed by atoms with Crippen LogP contribution in [0.4, 0.5) is 0 Å². The molecule has 0 saturated heterocycles. The first kappa shape index (κ1) is 24.4. The predicted molar refractivity (Wildman–Crippen MR) is 109 cm³/mol. The number of benzene rings is 1. The maximum Gasteiger partial charge on any atom is 0.328 e. The van der Waals surface area contributed by atoms with Crippen LogP contribution in [0.1, 0.15) is 12.5 Å². The van der Waals surface area contributed by atoms with Crippen molar-refractivity contribution in [2.24, 2.45) is 5.73 Å². The number of ether oxygens (including phenoxy) is 4. The Morgan fingerprint density at radius 1 is 1.04 bits per heavy atom. The van der Waals surface area contributed by atoms with Gasteiger partial charge in [0.1, 0.15) is 6.04 Å². The number of rotatable bonds is 16. The molecule has 0 aliphatic rings. The van der Waals surface area contributed by atoms with Crippen LogP contribution in [0.15, 0.2) is 30.3 Å². The van der Waals surface area contributed by atoms with Gasteiger partial charge in [0.25, 0.3) is 0 Å². The van der Waals surface area contributed by atoms with Gasteiger partial charge in [-0.1, -0.05) is 42.5 Å².